The third-order valence-electron chi connectivity index (χ3n) is 8.50. The lowest BCUT2D eigenvalue weighted by Gasteiger charge is -2.26. The van der Waals surface area contributed by atoms with E-state index in [2.05, 4.69) is 15.4 Å². The van der Waals surface area contributed by atoms with Gasteiger partial charge in [-0.3, -0.25) is 14.0 Å². The molecule has 0 fully saturated rings. The summed E-state index contributed by atoms with van der Waals surface area (Å²) in [6, 6.07) is 14.9. The lowest BCUT2D eigenvalue weighted by Crippen LogP contribution is -2.39. The van der Waals surface area contributed by atoms with Gasteiger partial charge in [0.05, 0.1) is 53.1 Å². The van der Waals surface area contributed by atoms with Gasteiger partial charge >= 0.3 is 6.09 Å². The van der Waals surface area contributed by atoms with Crippen molar-refractivity contribution in [3.8, 4) is 11.4 Å². The Bertz CT molecular complexity index is 2610. The number of fused-ring (bicyclic) bond motifs is 2. The van der Waals surface area contributed by atoms with Gasteiger partial charge < -0.3 is 14.8 Å². The first kappa shape index (κ1) is 39.1. The molecule has 0 aliphatic heterocycles. The number of anilines is 1. The Balaban J connectivity index is 1.63. The second-order valence-electron chi connectivity index (χ2n) is 13.8. The number of benzene rings is 4. The minimum Gasteiger partial charge on any atom is -0.497 e. The maximum absolute atomic E-state index is 15.5. The maximum atomic E-state index is 15.5. The summed E-state index contributed by atoms with van der Waals surface area (Å²) in [5, 5.41) is 7.03. The van der Waals surface area contributed by atoms with Crippen molar-refractivity contribution in [3.63, 3.8) is 0 Å². The van der Waals surface area contributed by atoms with Crippen LogP contribution in [0.15, 0.2) is 77.6 Å². The van der Waals surface area contributed by atoms with E-state index in [0.29, 0.717) is 17.4 Å². The number of carbonyl (C=O) groups excluding carboxylic acids is 1. The number of rotatable bonds is 10. The molecule has 288 valence electrons. The van der Waals surface area contributed by atoms with Gasteiger partial charge in [-0.25, -0.2) is 35.7 Å². The predicted octanol–water partition coefficient (Wildman–Crippen LogP) is 7.13. The summed E-state index contributed by atoms with van der Waals surface area (Å²) in [4.78, 5) is 32.6. The van der Waals surface area contributed by atoms with Crippen molar-refractivity contribution in [2.45, 2.75) is 45.4 Å². The number of methoxy groups -OCH3 is 1. The fourth-order valence-electron chi connectivity index (χ4n) is 6.23. The van der Waals surface area contributed by atoms with Gasteiger partial charge in [-0.1, -0.05) is 29.8 Å². The normalized spacial score (nSPS) is 12.5. The van der Waals surface area contributed by atoms with Gasteiger partial charge in [0, 0.05) is 19.5 Å². The molecule has 0 saturated heterocycles. The van der Waals surface area contributed by atoms with E-state index in [-0.39, 0.29) is 57.3 Å². The number of nitrogens with one attached hydrogen (secondary N) is 1. The van der Waals surface area contributed by atoms with Crippen LogP contribution in [-0.4, -0.2) is 52.8 Å². The van der Waals surface area contributed by atoms with Gasteiger partial charge in [0.25, 0.3) is 5.56 Å². The molecule has 4 aromatic carbocycles. The van der Waals surface area contributed by atoms with Gasteiger partial charge in [0.15, 0.2) is 5.82 Å². The number of amides is 1. The van der Waals surface area contributed by atoms with Crippen molar-refractivity contribution >= 4 is 55.3 Å². The number of halogens is 4. The van der Waals surface area contributed by atoms with Crippen molar-refractivity contribution in [3.05, 3.63) is 123 Å². The Morgan fingerprint density at radius 3 is 2.27 bits per heavy atom. The number of ether oxygens (including phenoxy) is 2. The zero-order valence-electron chi connectivity index (χ0n) is 30.5. The van der Waals surface area contributed by atoms with Crippen LogP contribution in [0, 0.1) is 17.5 Å². The molecular formula is C38H36ClF3N6O6S. The molecular weight excluding hydrogens is 761 g/mol. The van der Waals surface area contributed by atoms with Crippen LogP contribution < -0.4 is 19.9 Å². The molecule has 1 N–H and O–H groups in total. The van der Waals surface area contributed by atoms with E-state index >= 15 is 4.39 Å². The molecule has 17 heteroatoms. The number of nitrogens with zero attached hydrogens (tertiary/aromatic N) is 5. The number of hydrogen-bond acceptors (Lipinski definition) is 8. The lowest BCUT2D eigenvalue weighted by atomic mass is 10.0. The zero-order chi connectivity index (χ0) is 40.0. The summed E-state index contributed by atoms with van der Waals surface area (Å²) >= 11 is 6.80. The molecule has 0 aliphatic carbocycles. The smallest absolute Gasteiger partial charge is 0.408 e. The largest absolute Gasteiger partial charge is 0.497 e. The summed E-state index contributed by atoms with van der Waals surface area (Å²) < 4.78 is 85.4. The zero-order valence-corrected chi connectivity index (χ0v) is 32.1. The third-order valence-corrected chi connectivity index (χ3v) is 9.92. The SMILES string of the molecule is COc1ccc(CN(c2nn(C)c3c(-n4c([C@H](Cc5cc(F)cc(F)c5)NC(=O)OC(C)(C)C)nc5cccc(F)c5c4=O)ccc(Cl)c23)S(C)(=O)=O)cc1. The van der Waals surface area contributed by atoms with Gasteiger partial charge in [-0.2, -0.15) is 5.10 Å². The Morgan fingerprint density at radius 2 is 1.65 bits per heavy atom. The fraction of sp³-hybridized carbons (Fsp3) is 0.263. The second kappa shape index (κ2) is 14.9. The first-order valence-corrected chi connectivity index (χ1v) is 19.0. The van der Waals surface area contributed by atoms with E-state index in [1.165, 1.54) is 43.1 Å². The minimum absolute atomic E-state index is 0.0256. The topological polar surface area (TPSA) is 138 Å². The quantitative estimate of drug-likeness (QED) is 0.155. The number of aryl methyl sites for hydroxylation is 1. The minimum atomic E-state index is -4.02. The Morgan fingerprint density at radius 1 is 0.982 bits per heavy atom. The molecule has 0 bridgehead atoms. The van der Waals surface area contributed by atoms with Crippen LogP contribution in [0.25, 0.3) is 27.5 Å². The highest BCUT2D eigenvalue weighted by molar-refractivity contribution is 7.92. The first-order valence-electron chi connectivity index (χ1n) is 16.8. The molecule has 2 heterocycles. The van der Waals surface area contributed by atoms with Crippen molar-refractivity contribution in [1.82, 2.24) is 24.6 Å². The standard InChI is InChI=1S/C38H36ClF3N6O6S/c1-38(2,3)54-37(50)44-29(18-22-16-23(40)19-24(41)17-22)34-43-28-9-7-8-27(42)32(28)36(49)48(34)30-15-14-26(39)31-33(30)46(4)45-35(31)47(55(6,51)52)20-21-10-12-25(53-5)13-11-21/h7-17,19,29H,18,20H2,1-6H3,(H,44,50)/t29-/m0/s1. The highest BCUT2D eigenvalue weighted by Crippen LogP contribution is 2.38. The highest BCUT2D eigenvalue weighted by atomic mass is 35.5. The molecule has 0 aliphatic rings. The summed E-state index contributed by atoms with van der Waals surface area (Å²) in [5.74, 6) is -2.35. The number of aromatic nitrogens is 4. The average Bonchev–Trinajstić information content (AvgIpc) is 3.43. The molecule has 1 atom stereocenters. The number of alkyl carbamates (subject to hydrolysis) is 1. The summed E-state index contributed by atoms with van der Waals surface area (Å²) in [5.41, 5.74) is -1.11. The molecule has 6 aromatic rings. The molecule has 0 radical (unpaired) electrons. The highest BCUT2D eigenvalue weighted by Gasteiger charge is 2.31. The Labute approximate surface area is 319 Å². The maximum Gasteiger partial charge on any atom is 0.408 e. The average molecular weight is 797 g/mol. The molecule has 6 rings (SSSR count). The van der Waals surface area contributed by atoms with Gasteiger partial charge in [-0.15, -0.1) is 0 Å². The molecule has 2 aromatic heterocycles. The molecule has 55 heavy (non-hydrogen) atoms. The molecule has 1 amide bonds. The Kier molecular flexibility index (Phi) is 10.6. The summed E-state index contributed by atoms with van der Waals surface area (Å²) in [7, 11) is -1.01. The van der Waals surface area contributed by atoms with Crippen LogP contribution in [0.5, 0.6) is 5.75 Å². The van der Waals surface area contributed by atoms with Crippen LogP contribution >= 0.6 is 11.6 Å². The number of hydrogen-bond donors (Lipinski definition) is 1. The number of sulfonamides is 1. The van der Waals surface area contributed by atoms with Crippen LogP contribution in [0.4, 0.5) is 23.8 Å². The van der Waals surface area contributed by atoms with Gasteiger partial charge in [-0.05, 0) is 80.4 Å². The van der Waals surface area contributed by atoms with Crippen LogP contribution in [-0.2, 0) is 34.8 Å². The third kappa shape index (κ3) is 8.24. The van der Waals surface area contributed by atoms with Gasteiger partial charge in [0.2, 0.25) is 10.0 Å². The molecule has 0 saturated carbocycles. The van der Waals surface area contributed by atoms with E-state index in [4.69, 9.17) is 21.1 Å². The Hall–Kier alpha value is -5.61. The monoisotopic (exact) mass is 796 g/mol. The molecule has 0 spiro atoms. The lowest BCUT2D eigenvalue weighted by molar-refractivity contribution is 0.0500. The number of carbonyl (C=O) groups is 1. The van der Waals surface area contributed by atoms with E-state index in [1.54, 1.807) is 45.0 Å². The van der Waals surface area contributed by atoms with E-state index < -0.39 is 56.2 Å². The molecule has 0 unspecified atom stereocenters. The van der Waals surface area contributed by atoms with Crippen molar-refractivity contribution in [2.24, 2.45) is 7.05 Å². The van der Waals surface area contributed by atoms with Crippen molar-refractivity contribution in [2.75, 3.05) is 17.7 Å². The summed E-state index contributed by atoms with van der Waals surface area (Å²) in [6.07, 6.45) is -0.241. The van der Waals surface area contributed by atoms with Crippen LogP contribution in [0.1, 0.15) is 43.8 Å². The summed E-state index contributed by atoms with van der Waals surface area (Å²) in [6.45, 7) is 4.75. The van der Waals surface area contributed by atoms with E-state index in [1.807, 2.05) is 0 Å². The fourth-order valence-corrected chi connectivity index (χ4v) is 7.30. The van der Waals surface area contributed by atoms with E-state index in [9.17, 15) is 26.8 Å². The van der Waals surface area contributed by atoms with Crippen molar-refractivity contribution < 1.29 is 35.9 Å². The van der Waals surface area contributed by atoms with E-state index in [0.717, 1.165) is 33.3 Å². The second-order valence-corrected chi connectivity index (χ2v) is 16.1. The van der Waals surface area contributed by atoms with Gasteiger partial charge in [0.1, 0.15) is 40.0 Å². The predicted molar refractivity (Wildman–Crippen MR) is 203 cm³/mol. The van der Waals surface area contributed by atoms with Crippen molar-refractivity contribution in [1.29, 1.82) is 0 Å². The van der Waals surface area contributed by atoms with Crippen LogP contribution in [0.3, 0.4) is 0 Å². The molecule has 12 nitrogen and oxygen atoms in total. The first-order chi connectivity index (χ1) is 25.8. The van der Waals surface area contributed by atoms with Crippen LogP contribution in [0.2, 0.25) is 5.02 Å².